The fourth-order valence-corrected chi connectivity index (χ4v) is 1.55. The Kier molecular flexibility index (Phi) is 3.95. The van der Waals surface area contributed by atoms with Crippen LogP contribution >= 0.6 is 0 Å². The van der Waals surface area contributed by atoms with E-state index in [0.717, 1.165) is 12.8 Å². The molecule has 78 valence electrons. The van der Waals surface area contributed by atoms with Crippen LogP contribution in [0.2, 0.25) is 0 Å². The number of hydrogen-bond acceptors (Lipinski definition) is 1. The van der Waals surface area contributed by atoms with E-state index < -0.39 is 0 Å². The molecule has 0 aromatic heterocycles. The lowest BCUT2D eigenvalue weighted by atomic mass is 9.73. The summed E-state index contributed by atoms with van der Waals surface area (Å²) in [6, 6.07) is 0. The summed E-state index contributed by atoms with van der Waals surface area (Å²) < 4.78 is 0. The van der Waals surface area contributed by atoms with Gasteiger partial charge in [0.25, 0.3) is 0 Å². The lowest BCUT2D eigenvalue weighted by Gasteiger charge is -2.37. The van der Waals surface area contributed by atoms with Gasteiger partial charge in [-0.3, -0.25) is 4.79 Å². The van der Waals surface area contributed by atoms with E-state index >= 15 is 0 Å². The average molecular weight is 185 g/mol. The van der Waals surface area contributed by atoms with Crippen LogP contribution in [0.1, 0.15) is 48.0 Å². The van der Waals surface area contributed by atoms with Crippen LogP contribution < -0.4 is 5.32 Å². The molecule has 1 amide bonds. The molecule has 0 bridgehead atoms. The number of rotatable bonds is 5. The molecule has 0 saturated carbocycles. The fourth-order valence-electron chi connectivity index (χ4n) is 1.55. The van der Waals surface area contributed by atoms with Crippen LogP contribution in [0.5, 0.6) is 0 Å². The SMILES string of the molecule is CC(C)C(C)(C)CC(C)(C)NC=O. The molecule has 2 nitrogen and oxygen atoms in total. The van der Waals surface area contributed by atoms with Gasteiger partial charge in [0.15, 0.2) is 0 Å². The largest absolute Gasteiger partial charge is 0.354 e. The first-order chi connectivity index (χ1) is 5.71. The van der Waals surface area contributed by atoms with Gasteiger partial charge in [-0.15, -0.1) is 0 Å². The molecular weight excluding hydrogens is 162 g/mol. The maximum absolute atomic E-state index is 10.4. The molecule has 0 saturated heterocycles. The third-order valence-corrected chi connectivity index (χ3v) is 2.91. The van der Waals surface area contributed by atoms with Crippen molar-refractivity contribution in [3.8, 4) is 0 Å². The molecule has 0 fully saturated rings. The van der Waals surface area contributed by atoms with Crippen LogP contribution in [0.25, 0.3) is 0 Å². The molecule has 0 heterocycles. The Morgan fingerprint density at radius 3 is 2.00 bits per heavy atom. The molecule has 0 aliphatic carbocycles. The molecule has 0 unspecified atom stereocenters. The summed E-state index contributed by atoms with van der Waals surface area (Å²) in [6.07, 6.45) is 1.78. The molecule has 0 aromatic carbocycles. The Balaban J connectivity index is 4.32. The monoisotopic (exact) mass is 185 g/mol. The zero-order chi connectivity index (χ0) is 10.7. The highest BCUT2D eigenvalue weighted by Gasteiger charge is 2.30. The van der Waals surface area contributed by atoms with Gasteiger partial charge in [0.05, 0.1) is 0 Å². The van der Waals surface area contributed by atoms with Gasteiger partial charge in [0.2, 0.25) is 6.41 Å². The number of amides is 1. The topological polar surface area (TPSA) is 29.1 Å². The van der Waals surface area contributed by atoms with Crippen molar-refractivity contribution in [3.63, 3.8) is 0 Å². The summed E-state index contributed by atoms with van der Waals surface area (Å²) in [5.74, 6) is 0.625. The highest BCUT2D eigenvalue weighted by atomic mass is 16.1. The molecule has 0 aliphatic heterocycles. The van der Waals surface area contributed by atoms with Crippen molar-refractivity contribution in [1.82, 2.24) is 5.32 Å². The second-order valence-corrected chi connectivity index (χ2v) is 5.47. The summed E-state index contributed by atoms with van der Waals surface area (Å²) in [4.78, 5) is 10.4. The third kappa shape index (κ3) is 4.30. The van der Waals surface area contributed by atoms with E-state index in [0.29, 0.717) is 5.92 Å². The van der Waals surface area contributed by atoms with E-state index in [-0.39, 0.29) is 11.0 Å². The Bertz CT molecular complexity index is 171. The summed E-state index contributed by atoms with van der Waals surface area (Å²) in [5.41, 5.74) is 0.162. The fraction of sp³-hybridized carbons (Fsp3) is 0.909. The summed E-state index contributed by atoms with van der Waals surface area (Å²) in [7, 11) is 0. The molecule has 0 atom stereocenters. The highest BCUT2D eigenvalue weighted by molar-refractivity contribution is 5.47. The standard InChI is InChI=1S/C11H23NO/c1-9(2)10(3,4)7-11(5,6)12-8-13/h8-9H,7H2,1-6H3,(H,12,13). The minimum Gasteiger partial charge on any atom is -0.354 e. The van der Waals surface area contributed by atoms with Crippen LogP contribution in [-0.4, -0.2) is 11.9 Å². The van der Waals surface area contributed by atoms with Gasteiger partial charge in [-0.05, 0) is 31.6 Å². The van der Waals surface area contributed by atoms with Gasteiger partial charge >= 0.3 is 0 Å². The van der Waals surface area contributed by atoms with Crippen molar-refractivity contribution in [2.24, 2.45) is 11.3 Å². The van der Waals surface area contributed by atoms with Crippen molar-refractivity contribution in [3.05, 3.63) is 0 Å². The third-order valence-electron chi connectivity index (χ3n) is 2.91. The minimum absolute atomic E-state index is 0.102. The van der Waals surface area contributed by atoms with E-state index in [9.17, 15) is 4.79 Å². The number of hydrogen-bond donors (Lipinski definition) is 1. The molecular formula is C11H23NO. The molecule has 2 heteroatoms. The molecule has 0 rings (SSSR count). The summed E-state index contributed by atoms with van der Waals surface area (Å²) in [6.45, 7) is 13.0. The van der Waals surface area contributed by atoms with Crippen molar-refractivity contribution >= 4 is 6.41 Å². The zero-order valence-corrected chi connectivity index (χ0v) is 9.77. The Labute approximate surface area is 82.1 Å². The first-order valence-corrected chi connectivity index (χ1v) is 4.92. The number of carbonyl (C=O) groups is 1. The normalized spacial score (nSPS) is 13.2. The maximum Gasteiger partial charge on any atom is 0.207 e. The molecule has 0 aliphatic rings. The molecule has 1 N–H and O–H groups in total. The molecule has 0 aromatic rings. The lowest BCUT2D eigenvalue weighted by Crippen LogP contribution is -2.43. The van der Waals surface area contributed by atoms with Crippen molar-refractivity contribution in [2.45, 2.75) is 53.5 Å². The quantitative estimate of drug-likeness (QED) is 0.655. The van der Waals surface area contributed by atoms with Crippen LogP contribution in [0.4, 0.5) is 0 Å². The van der Waals surface area contributed by atoms with Crippen molar-refractivity contribution < 1.29 is 4.79 Å². The van der Waals surface area contributed by atoms with E-state index in [2.05, 4.69) is 46.9 Å². The van der Waals surface area contributed by atoms with Gasteiger partial charge in [-0.2, -0.15) is 0 Å². The second-order valence-electron chi connectivity index (χ2n) is 5.47. The van der Waals surface area contributed by atoms with E-state index in [1.165, 1.54) is 0 Å². The second kappa shape index (κ2) is 4.12. The maximum atomic E-state index is 10.4. The zero-order valence-electron chi connectivity index (χ0n) is 9.77. The van der Waals surface area contributed by atoms with E-state index in [1.807, 2.05) is 0 Å². The number of carbonyl (C=O) groups excluding carboxylic acids is 1. The summed E-state index contributed by atoms with van der Waals surface area (Å²) >= 11 is 0. The Morgan fingerprint density at radius 2 is 1.69 bits per heavy atom. The first kappa shape index (κ1) is 12.5. The summed E-state index contributed by atoms with van der Waals surface area (Å²) in [5, 5.41) is 2.85. The lowest BCUT2D eigenvalue weighted by molar-refractivity contribution is -0.111. The van der Waals surface area contributed by atoms with Crippen molar-refractivity contribution in [2.75, 3.05) is 0 Å². The van der Waals surface area contributed by atoms with Crippen LogP contribution in [0, 0.1) is 11.3 Å². The Hall–Kier alpha value is -0.530. The Morgan fingerprint density at radius 1 is 1.23 bits per heavy atom. The highest BCUT2D eigenvalue weighted by Crippen LogP contribution is 2.34. The van der Waals surface area contributed by atoms with Crippen molar-refractivity contribution in [1.29, 1.82) is 0 Å². The number of nitrogens with one attached hydrogen (secondary N) is 1. The van der Waals surface area contributed by atoms with Gasteiger partial charge in [-0.1, -0.05) is 27.7 Å². The molecule has 13 heavy (non-hydrogen) atoms. The van der Waals surface area contributed by atoms with Gasteiger partial charge in [-0.25, -0.2) is 0 Å². The molecule has 0 radical (unpaired) electrons. The molecule has 0 spiro atoms. The van der Waals surface area contributed by atoms with Crippen LogP contribution in [0.15, 0.2) is 0 Å². The van der Waals surface area contributed by atoms with Gasteiger partial charge in [0.1, 0.15) is 0 Å². The first-order valence-electron chi connectivity index (χ1n) is 4.92. The van der Waals surface area contributed by atoms with Crippen LogP contribution in [-0.2, 0) is 4.79 Å². The predicted molar refractivity (Wildman–Crippen MR) is 56.5 cm³/mol. The van der Waals surface area contributed by atoms with Gasteiger partial charge < -0.3 is 5.32 Å². The van der Waals surface area contributed by atoms with Crippen LogP contribution in [0.3, 0.4) is 0 Å². The minimum atomic E-state index is -0.102. The average Bonchev–Trinajstić information content (AvgIpc) is 1.83. The van der Waals surface area contributed by atoms with Gasteiger partial charge in [0, 0.05) is 5.54 Å². The smallest absolute Gasteiger partial charge is 0.207 e. The van der Waals surface area contributed by atoms with E-state index in [1.54, 1.807) is 0 Å². The predicted octanol–water partition coefficient (Wildman–Crippen LogP) is 2.58. The van der Waals surface area contributed by atoms with E-state index in [4.69, 9.17) is 0 Å².